The van der Waals surface area contributed by atoms with Gasteiger partial charge < -0.3 is 34.7 Å². The molecule has 0 fully saturated rings. The minimum atomic E-state index is -1.12. The zero-order valence-corrected chi connectivity index (χ0v) is 15.6. The van der Waals surface area contributed by atoms with Gasteiger partial charge in [0.25, 0.3) is 0 Å². The molecule has 9 heteroatoms. The third-order valence-corrected chi connectivity index (χ3v) is 2.59. The number of alkyl carbamates (subject to hydrolysis) is 1. The van der Waals surface area contributed by atoms with E-state index in [0.29, 0.717) is 52.8 Å². The highest BCUT2D eigenvalue weighted by Crippen LogP contribution is 2.05. The molecule has 0 aromatic carbocycles. The van der Waals surface area contributed by atoms with Gasteiger partial charge in [0, 0.05) is 13.1 Å². The van der Waals surface area contributed by atoms with E-state index >= 15 is 0 Å². The summed E-state index contributed by atoms with van der Waals surface area (Å²) in [4.78, 5) is 11.3. The number of rotatable bonds is 15. The Bertz CT molecular complexity index is 328. The summed E-state index contributed by atoms with van der Waals surface area (Å²) in [6.45, 7) is 8.58. The number of alkyl halides is 1. The van der Waals surface area contributed by atoms with Crippen LogP contribution < -0.4 is 11.1 Å². The van der Waals surface area contributed by atoms with Crippen molar-refractivity contribution < 1.29 is 32.9 Å². The molecule has 0 saturated carbocycles. The normalized spacial score (nSPS) is 12.8. The van der Waals surface area contributed by atoms with E-state index in [9.17, 15) is 9.18 Å². The molecule has 150 valence electrons. The summed E-state index contributed by atoms with van der Waals surface area (Å²) in [5.74, 6) is 0. The maximum Gasteiger partial charge on any atom is 0.407 e. The van der Waals surface area contributed by atoms with E-state index in [1.165, 1.54) is 0 Å². The van der Waals surface area contributed by atoms with Crippen molar-refractivity contribution in [1.29, 1.82) is 0 Å². The Hall–Kier alpha value is -1.00. The molecule has 0 heterocycles. The number of nitrogens with two attached hydrogens (primary N) is 1. The Kier molecular flexibility index (Phi) is 14.7. The molecule has 0 aliphatic rings. The minimum Gasteiger partial charge on any atom is -0.444 e. The predicted octanol–water partition coefficient (Wildman–Crippen LogP) is 0.874. The second-order valence-electron chi connectivity index (χ2n) is 6.17. The fraction of sp³-hybridized carbons (Fsp3) is 0.938. The topological polar surface area (TPSA) is 101 Å². The standard InChI is InChI=1S/C16H33FN2O6/c1-16(2,3)25-15(20)19-4-5-21-6-7-22-8-9-23-10-11-24-13-14(17)12-18/h14H,4-13,18H2,1-3H3,(H,19,20). The van der Waals surface area contributed by atoms with Gasteiger partial charge in [0.15, 0.2) is 0 Å². The van der Waals surface area contributed by atoms with E-state index in [1.54, 1.807) is 20.8 Å². The van der Waals surface area contributed by atoms with Crippen LogP contribution in [0, 0.1) is 0 Å². The van der Waals surface area contributed by atoms with Gasteiger partial charge in [0.2, 0.25) is 0 Å². The molecule has 0 aromatic rings. The largest absolute Gasteiger partial charge is 0.444 e. The lowest BCUT2D eigenvalue weighted by Gasteiger charge is -2.19. The Morgan fingerprint density at radius 1 is 0.960 bits per heavy atom. The maximum atomic E-state index is 12.7. The van der Waals surface area contributed by atoms with Crippen LogP contribution in [0.5, 0.6) is 0 Å². The zero-order chi connectivity index (χ0) is 19.0. The second kappa shape index (κ2) is 15.3. The summed E-state index contributed by atoms with van der Waals surface area (Å²) < 4.78 is 38.7. The van der Waals surface area contributed by atoms with E-state index < -0.39 is 17.9 Å². The van der Waals surface area contributed by atoms with Crippen LogP contribution in [-0.4, -0.2) is 83.8 Å². The van der Waals surface area contributed by atoms with Crippen LogP contribution in [0.3, 0.4) is 0 Å². The Morgan fingerprint density at radius 2 is 1.44 bits per heavy atom. The molecule has 0 saturated heterocycles. The van der Waals surface area contributed by atoms with Gasteiger partial charge in [-0.3, -0.25) is 0 Å². The molecule has 0 aromatic heterocycles. The van der Waals surface area contributed by atoms with Crippen LogP contribution in [0.1, 0.15) is 20.8 Å². The number of hydrogen-bond acceptors (Lipinski definition) is 7. The number of carbonyl (C=O) groups excluding carboxylic acids is 1. The van der Waals surface area contributed by atoms with Crippen LogP contribution in [0.15, 0.2) is 0 Å². The first-order chi connectivity index (χ1) is 11.8. The summed E-state index contributed by atoms with van der Waals surface area (Å²) in [6, 6.07) is 0. The fourth-order valence-corrected chi connectivity index (χ4v) is 1.48. The quantitative estimate of drug-likeness (QED) is 0.414. The molecular weight excluding hydrogens is 335 g/mol. The van der Waals surface area contributed by atoms with Gasteiger partial charge in [-0.05, 0) is 20.8 Å². The molecule has 0 spiro atoms. The second-order valence-corrected chi connectivity index (χ2v) is 6.17. The van der Waals surface area contributed by atoms with Crippen LogP contribution in [0.4, 0.5) is 9.18 Å². The third-order valence-electron chi connectivity index (χ3n) is 2.59. The maximum absolute atomic E-state index is 12.7. The molecule has 0 aliphatic heterocycles. The monoisotopic (exact) mass is 368 g/mol. The van der Waals surface area contributed by atoms with Crippen molar-refractivity contribution in [1.82, 2.24) is 5.32 Å². The van der Waals surface area contributed by atoms with Crippen LogP contribution in [0.25, 0.3) is 0 Å². The SMILES string of the molecule is CC(C)(C)OC(=O)NCCOCCOCCOCCOCC(F)CN. The van der Waals surface area contributed by atoms with Gasteiger partial charge in [-0.25, -0.2) is 9.18 Å². The van der Waals surface area contributed by atoms with Crippen molar-refractivity contribution in [3.8, 4) is 0 Å². The van der Waals surface area contributed by atoms with Crippen molar-refractivity contribution in [3.63, 3.8) is 0 Å². The van der Waals surface area contributed by atoms with Crippen molar-refractivity contribution in [2.75, 3.05) is 65.9 Å². The lowest BCUT2D eigenvalue weighted by atomic mass is 10.2. The first-order valence-corrected chi connectivity index (χ1v) is 8.47. The van der Waals surface area contributed by atoms with E-state index in [1.807, 2.05) is 0 Å². The highest BCUT2D eigenvalue weighted by atomic mass is 19.1. The molecule has 1 amide bonds. The van der Waals surface area contributed by atoms with Crippen LogP contribution in [-0.2, 0) is 23.7 Å². The number of halogens is 1. The first kappa shape index (κ1) is 24.0. The number of ether oxygens (including phenoxy) is 5. The number of nitrogens with one attached hydrogen (secondary N) is 1. The fourth-order valence-electron chi connectivity index (χ4n) is 1.48. The van der Waals surface area contributed by atoms with E-state index in [0.717, 1.165) is 0 Å². The summed E-state index contributed by atoms with van der Waals surface area (Å²) >= 11 is 0. The van der Waals surface area contributed by atoms with Crippen molar-refractivity contribution in [2.45, 2.75) is 32.5 Å². The molecule has 0 bridgehead atoms. The van der Waals surface area contributed by atoms with Gasteiger partial charge in [0.1, 0.15) is 11.8 Å². The molecule has 8 nitrogen and oxygen atoms in total. The molecule has 1 unspecified atom stereocenters. The molecule has 25 heavy (non-hydrogen) atoms. The Balaban J connectivity index is 3.18. The lowest BCUT2D eigenvalue weighted by molar-refractivity contribution is -0.00740. The highest BCUT2D eigenvalue weighted by Gasteiger charge is 2.15. The van der Waals surface area contributed by atoms with Gasteiger partial charge in [-0.1, -0.05) is 0 Å². The van der Waals surface area contributed by atoms with Crippen molar-refractivity contribution in [2.24, 2.45) is 5.73 Å². The van der Waals surface area contributed by atoms with Gasteiger partial charge in [0.05, 0.1) is 52.9 Å². The van der Waals surface area contributed by atoms with Crippen molar-refractivity contribution in [3.05, 3.63) is 0 Å². The van der Waals surface area contributed by atoms with E-state index in [2.05, 4.69) is 5.32 Å². The van der Waals surface area contributed by atoms with Crippen molar-refractivity contribution >= 4 is 6.09 Å². The smallest absolute Gasteiger partial charge is 0.407 e. The molecule has 0 aliphatic carbocycles. The lowest BCUT2D eigenvalue weighted by Crippen LogP contribution is -2.34. The summed E-state index contributed by atoms with van der Waals surface area (Å²) in [5, 5.41) is 2.60. The molecular formula is C16H33FN2O6. The number of hydrogen-bond donors (Lipinski definition) is 2. The van der Waals surface area contributed by atoms with Crippen LogP contribution >= 0.6 is 0 Å². The van der Waals surface area contributed by atoms with Gasteiger partial charge in [-0.2, -0.15) is 0 Å². The van der Waals surface area contributed by atoms with E-state index in [-0.39, 0.29) is 13.2 Å². The Labute approximate surface area is 149 Å². The first-order valence-electron chi connectivity index (χ1n) is 8.47. The minimum absolute atomic E-state index is 0.00349. The average molecular weight is 368 g/mol. The summed E-state index contributed by atoms with van der Waals surface area (Å²) in [6.07, 6.45) is -1.58. The van der Waals surface area contributed by atoms with E-state index in [4.69, 9.17) is 29.4 Å². The number of amides is 1. The summed E-state index contributed by atoms with van der Waals surface area (Å²) in [5.41, 5.74) is 4.61. The van der Waals surface area contributed by atoms with Gasteiger partial charge in [-0.15, -0.1) is 0 Å². The Morgan fingerprint density at radius 3 is 1.92 bits per heavy atom. The third kappa shape index (κ3) is 19.2. The molecule has 1 atom stereocenters. The zero-order valence-electron chi connectivity index (χ0n) is 15.6. The molecule has 3 N–H and O–H groups in total. The molecule has 0 radical (unpaired) electrons. The predicted molar refractivity (Wildman–Crippen MR) is 91.5 cm³/mol. The molecule has 0 rings (SSSR count). The van der Waals surface area contributed by atoms with Crippen LogP contribution in [0.2, 0.25) is 0 Å². The van der Waals surface area contributed by atoms with Gasteiger partial charge >= 0.3 is 6.09 Å². The number of carbonyl (C=O) groups is 1. The average Bonchev–Trinajstić information content (AvgIpc) is 2.53. The summed E-state index contributed by atoms with van der Waals surface area (Å²) in [7, 11) is 0. The highest BCUT2D eigenvalue weighted by molar-refractivity contribution is 5.67.